The van der Waals surface area contributed by atoms with Crippen molar-refractivity contribution < 1.29 is 18.0 Å². The maximum atomic E-state index is 12.7. The molecule has 1 heterocycles. The fourth-order valence-corrected chi connectivity index (χ4v) is 5.10. The molecule has 0 radical (unpaired) electrons. The molecule has 1 aromatic rings. The van der Waals surface area contributed by atoms with Crippen LogP contribution in [0.25, 0.3) is 0 Å². The topological polar surface area (TPSA) is 86.8 Å². The van der Waals surface area contributed by atoms with E-state index < -0.39 is 10.0 Å². The molecule has 2 aliphatic rings. The van der Waals surface area contributed by atoms with E-state index in [9.17, 15) is 18.0 Å². The van der Waals surface area contributed by atoms with Crippen LogP contribution in [-0.4, -0.2) is 50.7 Å². The van der Waals surface area contributed by atoms with Gasteiger partial charge in [-0.15, -0.1) is 0 Å². The molecular formula is C20H29N3O4S. The van der Waals surface area contributed by atoms with Gasteiger partial charge in [0.1, 0.15) is 0 Å². The lowest BCUT2D eigenvalue weighted by molar-refractivity contribution is -0.123. The summed E-state index contributed by atoms with van der Waals surface area (Å²) in [6.45, 7) is 5.58. The Morgan fingerprint density at radius 2 is 1.93 bits per heavy atom. The number of benzene rings is 1. The minimum atomic E-state index is -3.50. The van der Waals surface area contributed by atoms with Gasteiger partial charge in [-0.1, -0.05) is 13.8 Å². The molecule has 1 aliphatic carbocycles. The van der Waals surface area contributed by atoms with Gasteiger partial charge in [0.15, 0.2) is 0 Å². The minimum absolute atomic E-state index is 0.0128. The highest BCUT2D eigenvalue weighted by Gasteiger charge is 2.30. The zero-order valence-electron chi connectivity index (χ0n) is 16.6. The number of carbonyl (C=O) groups excluding carboxylic acids is 2. The molecule has 28 heavy (non-hydrogen) atoms. The van der Waals surface area contributed by atoms with Crippen LogP contribution in [0.5, 0.6) is 0 Å². The van der Waals surface area contributed by atoms with Crippen LogP contribution in [0, 0.1) is 5.92 Å². The molecule has 1 aromatic carbocycles. The quantitative estimate of drug-likeness (QED) is 0.634. The standard InChI is InChI=1S/C20H29N3O4S/c1-3-22(4-2)28(26,27)17-9-10-18-16(14-17)11-13-23(18)19(24)6-5-12-21-20(25)15-7-8-15/h9-10,14-15H,3-8,11-13H2,1-2H3,(H,21,25). The first kappa shape index (κ1) is 20.8. The van der Waals surface area contributed by atoms with Crippen molar-refractivity contribution in [1.82, 2.24) is 9.62 Å². The molecule has 0 aromatic heterocycles. The number of anilines is 1. The monoisotopic (exact) mass is 407 g/mol. The van der Waals surface area contributed by atoms with Crippen molar-refractivity contribution in [3.05, 3.63) is 23.8 Å². The molecule has 1 saturated carbocycles. The van der Waals surface area contributed by atoms with Crippen molar-refractivity contribution in [3.8, 4) is 0 Å². The molecule has 1 fully saturated rings. The number of rotatable bonds is 9. The van der Waals surface area contributed by atoms with Gasteiger partial charge in [-0.3, -0.25) is 9.59 Å². The summed E-state index contributed by atoms with van der Waals surface area (Å²) >= 11 is 0. The van der Waals surface area contributed by atoms with Crippen molar-refractivity contribution in [2.75, 3.05) is 31.1 Å². The van der Waals surface area contributed by atoms with Crippen LogP contribution in [0.3, 0.4) is 0 Å². The normalized spacial score (nSPS) is 16.3. The first-order chi connectivity index (χ1) is 13.4. The summed E-state index contributed by atoms with van der Waals surface area (Å²) < 4.78 is 26.8. The molecule has 0 saturated heterocycles. The molecular weight excluding hydrogens is 378 g/mol. The number of amides is 2. The third-order valence-electron chi connectivity index (χ3n) is 5.41. The Morgan fingerprint density at radius 1 is 1.21 bits per heavy atom. The summed E-state index contributed by atoms with van der Waals surface area (Å²) in [5.41, 5.74) is 1.69. The smallest absolute Gasteiger partial charge is 0.243 e. The fraction of sp³-hybridized carbons (Fsp3) is 0.600. The zero-order chi connectivity index (χ0) is 20.3. The van der Waals surface area contributed by atoms with Gasteiger partial charge in [0.2, 0.25) is 21.8 Å². The van der Waals surface area contributed by atoms with Crippen LogP contribution in [-0.2, 0) is 26.0 Å². The van der Waals surface area contributed by atoms with Gasteiger partial charge in [-0.25, -0.2) is 8.42 Å². The zero-order valence-corrected chi connectivity index (χ0v) is 17.4. The molecule has 0 bridgehead atoms. The maximum absolute atomic E-state index is 12.7. The Hall–Kier alpha value is -1.93. The minimum Gasteiger partial charge on any atom is -0.356 e. The Labute approximate surface area is 167 Å². The predicted molar refractivity (Wildman–Crippen MR) is 108 cm³/mol. The first-order valence-corrected chi connectivity index (χ1v) is 11.5. The van der Waals surface area contributed by atoms with Gasteiger partial charge < -0.3 is 10.2 Å². The molecule has 7 nitrogen and oxygen atoms in total. The first-order valence-electron chi connectivity index (χ1n) is 10.1. The van der Waals surface area contributed by atoms with E-state index in [0.29, 0.717) is 45.4 Å². The van der Waals surface area contributed by atoms with E-state index in [1.54, 1.807) is 23.1 Å². The fourth-order valence-electron chi connectivity index (χ4n) is 3.59. The van der Waals surface area contributed by atoms with Crippen molar-refractivity contribution in [2.24, 2.45) is 5.92 Å². The number of sulfonamides is 1. The highest BCUT2D eigenvalue weighted by molar-refractivity contribution is 7.89. The molecule has 1 N–H and O–H groups in total. The van der Waals surface area contributed by atoms with Crippen LogP contribution >= 0.6 is 0 Å². The van der Waals surface area contributed by atoms with Crippen molar-refractivity contribution in [1.29, 1.82) is 0 Å². The Kier molecular flexibility index (Phi) is 6.40. The van der Waals surface area contributed by atoms with Gasteiger partial charge in [0.05, 0.1) is 4.90 Å². The van der Waals surface area contributed by atoms with E-state index in [1.807, 2.05) is 13.8 Å². The number of fused-ring (bicyclic) bond motifs is 1. The van der Waals surface area contributed by atoms with E-state index in [2.05, 4.69) is 5.32 Å². The highest BCUT2D eigenvalue weighted by atomic mass is 32.2. The Bertz CT molecular complexity index is 845. The lowest BCUT2D eigenvalue weighted by Gasteiger charge is -2.20. The number of nitrogens with one attached hydrogen (secondary N) is 1. The molecule has 0 atom stereocenters. The summed E-state index contributed by atoms with van der Waals surface area (Å²) in [6, 6.07) is 5.03. The molecule has 2 amide bonds. The van der Waals surface area contributed by atoms with Gasteiger partial charge >= 0.3 is 0 Å². The number of carbonyl (C=O) groups is 2. The molecule has 0 spiro atoms. The second kappa shape index (κ2) is 8.61. The van der Waals surface area contributed by atoms with Crippen molar-refractivity contribution in [2.45, 2.75) is 50.8 Å². The summed E-state index contributed by atoms with van der Waals surface area (Å²) in [6.07, 6.45) is 3.57. The third kappa shape index (κ3) is 4.38. The summed E-state index contributed by atoms with van der Waals surface area (Å²) in [5.74, 6) is 0.294. The number of nitrogens with zero attached hydrogens (tertiary/aromatic N) is 2. The lowest BCUT2D eigenvalue weighted by Crippen LogP contribution is -2.31. The number of hydrogen-bond acceptors (Lipinski definition) is 4. The summed E-state index contributed by atoms with van der Waals surface area (Å²) in [7, 11) is -3.50. The lowest BCUT2D eigenvalue weighted by atomic mass is 10.2. The molecule has 8 heteroatoms. The predicted octanol–water partition coefficient (Wildman–Crippen LogP) is 1.91. The Balaban J connectivity index is 1.60. The van der Waals surface area contributed by atoms with E-state index in [4.69, 9.17) is 0 Å². The van der Waals surface area contributed by atoms with E-state index in [0.717, 1.165) is 24.1 Å². The van der Waals surface area contributed by atoms with Crippen molar-refractivity contribution in [3.63, 3.8) is 0 Å². The van der Waals surface area contributed by atoms with Crippen molar-refractivity contribution >= 4 is 27.5 Å². The maximum Gasteiger partial charge on any atom is 0.243 e. The van der Waals surface area contributed by atoms with Crippen LogP contribution in [0.2, 0.25) is 0 Å². The molecule has 3 rings (SSSR count). The van der Waals surface area contributed by atoms with E-state index in [-0.39, 0.29) is 22.6 Å². The Morgan fingerprint density at radius 3 is 2.57 bits per heavy atom. The van der Waals surface area contributed by atoms with Gasteiger partial charge in [-0.05, 0) is 49.4 Å². The molecule has 154 valence electrons. The third-order valence-corrected chi connectivity index (χ3v) is 7.45. The van der Waals surface area contributed by atoms with Crippen LogP contribution < -0.4 is 10.2 Å². The second-order valence-electron chi connectivity index (χ2n) is 7.34. The SMILES string of the molecule is CCN(CC)S(=O)(=O)c1ccc2c(c1)CCN2C(=O)CCCNC(=O)C1CC1. The van der Waals surface area contributed by atoms with Crippen LogP contribution in [0.1, 0.15) is 45.1 Å². The van der Waals surface area contributed by atoms with Crippen LogP contribution in [0.4, 0.5) is 5.69 Å². The molecule has 0 unspecified atom stereocenters. The average molecular weight is 408 g/mol. The summed E-state index contributed by atoms with van der Waals surface area (Å²) in [5, 5.41) is 2.87. The van der Waals surface area contributed by atoms with E-state index >= 15 is 0 Å². The van der Waals surface area contributed by atoms with Crippen LogP contribution in [0.15, 0.2) is 23.1 Å². The second-order valence-corrected chi connectivity index (χ2v) is 9.28. The highest BCUT2D eigenvalue weighted by Crippen LogP contribution is 2.32. The molecule has 1 aliphatic heterocycles. The summed E-state index contributed by atoms with van der Waals surface area (Å²) in [4.78, 5) is 26.2. The van der Waals surface area contributed by atoms with Gasteiger partial charge in [0.25, 0.3) is 0 Å². The average Bonchev–Trinajstić information content (AvgIpc) is 3.44. The van der Waals surface area contributed by atoms with E-state index in [1.165, 1.54) is 4.31 Å². The van der Waals surface area contributed by atoms with Gasteiger partial charge in [0, 0.05) is 44.2 Å². The largest absolute Gasteiger partial charge is 0.356 e. The van der Waals surface area contributed by atoms with Gasteiger partial charge in [-0.2, -0.15) is 4.31 Å². The number of hydrogen-bond donors (Lipinski definition) is 1.